The first-order valence-electron chi connectivity index (χ1n) is 9.51. The smallest absolute Gasteiger partial charge is 0.0703 e. The second-order valence-corrected chi connectivity index (χ2v) is 8.29. The van der Waals surface area contributed by atoms with Crippen LogP contribution in [0.3, 0.4) is 0 Å². The Bertz CT molecular complexity index is 706. The number of fused-ring (bicyclic) bond motifs is 1. The monoisotopic (exact) mass is 322 g/mol. The van der Waals surface area contributed by atoms with Gasteiger partial charge in [-0.2, -0.15) is 0 Å². The minimum Gasteiger partial charge on any atom is -0.383 e. The zero-order valence-electron chi connectivity index (χ0n) is 14.2. The van der Waals surface area contributed by atoms with Gasteiger partial charge in [-0.25, -0.2) is 0 Å². The number of anilines is 1. The molecule has 0 aliphatic heterocycles. The molecular formula is C21H26N2O. The molecule has 24 heavy (non-hydrogen) atoms. The van der Waals surface area contributed by atoms with Gasteiger partial charge in [-0.1, -0.05) is 6.07 Å². The highest BCUT2D eigenvalue weighted by molar-refractivity contribution is 5.82. The van der Waals surface area contributed by atoms with Gasteiger partial charge >= 0.3 is 0 Å². The highest BCUT2D eigenvalue weighted by Gasteiger charge is 2.51. The zero-order valence-corrected chi connectivity index (χ0v) is 14.2. The molecule has 4 bridgehead atoms. The number of aromatic nitrogens is 1. The summed E-state index contributed by atoms with van der Waals surface area (Å²) in [6.45, 7) is 1.70. The Morgan fingerprint density at radius 3 is 2.54 bits per heavy atom. The Labute approximate surface area is 143 Å². The molecule has 0 atom stereocenters. The molecule has 3 heteroatoms. The van der Waals surface area contributed by atoms with E-state index in [4.69, 9.17) is 4.74 Å². The van der Waals surface area contributed by atoms with E-state index in [1.165, 1.54) is 43.9 Å². The molecule has 0 saturated heterocycles. The zero-order chi connectivity index (χ0) is 16.0. The third kappa shape index (κ3) is 2.69. The molecule has 1 aromatic carbocycles. The number of benzene rings is 1. The summed E-state index contributed by atoms with van der Waals surface area (Å²) in [7, 11) is 0. The number of hydrogen-bond donors (Lipinski definition) is 1. The van der Waals surface area contributed by atoms with Crippen molar-refractivity contribution in [2.24, 2.45) is 17.8 Å². The maximum atomic E-state index is 6.48. The molecule has 2 aromatic rings. The van der Waals surface area contributed by atoms with E-state index in [1.54, 1.807) is 0 Å². The molecule has 4 aliphatic carbocycles. The van der Waals surface area contributed by atoms with Crippen molar-refractivity contribution in [2.75, 3.05) is 18.5 Å². The fourth-order valence-corrected chi connectivity index (χ4v) is 5.86. The van der Waals surface area contributed by atoms with Crippen LogP contribution in [0, 0.1) is 17.8 Å². The van der Waals surface area contributed by atoms with Crippen LogP contribution in [-0.4, -0.2) is 23.7 Å². The van der Waals surface area contributed by atoms with Crippen molar-refractivity contribution in [1.82, 2.24) is 4.98 Å². The predicted molar refractivity (Wildman–Crippen MR) is 97.1 cm³/mol. The Morgan fingerprint density at radius 2 is 1.79 bits per heavy atom. The maximum absolute atomic E-state index is 6.48. The lowest BCUT2D eigenvalue weighted by Gasteiger charge is -2.56. The number of nitrogens with one attached hydrogen (secondary N) is 1. The van der Waals surface area contributed by atoms with Crippen LogP contribution < -0.4 is 5.32 Å². The highest BCUT2D eigenvalue weighted by Crippen LogP contribution is 2.57. The second-order valence-electron chi connectivity index (χ2n) is 8.29. The number of ether oxygens (including phenoxy) is 1. The summed E-state index contributed by atoms with van der Waals surface area (Å²) in [4.78, 5) is 4.37. The molecule has 1 N–H and O–H groups in total. The van der Waals surface area contributed by atoms with E-state index in [1.807, 2.05) is 12.3 Å². The van der Waals surface area contributed by atoms with Crippen LogP contribution in [0.1, 0.15) is 38.5 Å². The quantitative estimate of drug-likeness (QED) is 0.815. The number of hydrogen-bond acceptors (Lipinski definition) is 3. The average Bonchev–Trinajstić information content (AvgIpc) is 2.57. The van der Waals surface area contributed by atoms with Gasteiger partial charge in [0.25, 0.3) is 0 Å². The molecule has 4 fully saturated rings. The lowest BCUT2D eigenvalue weighted by atomic mass is 9.54. The first-order valence-corrected chi connectivity index (χ1v) is 9.51. The van der Waals surface area contributed by atoms with Gasteiger partial charge in [-0.15, -0.1) is 0 Å². The van der Waals surface area contributed by atoms with E-state index in [2.05, 4.69) is 34.6 Å². The lowest BCUT2D eigenvalue weighted by Crippen LogP contribution is -2.52. The Kier molecular flexibility index (Phi) is 3.51. The van der Waals surface area contributed by atoms with Crippen LogP contribution >= 0.6 is 0 Å². The fraction of sp³-hybridized carbons (Fsp3) is 0.571. The van der Waals surface area contributed by atoms with E-state index >= 15 is 0 Å². The number of nitrogens with zero attached hydrogens (tertiary/aromatic N) is 1. The predicted octanol–water partition coefficient (Wildman–Crippen LogP) is 4.63. The number of rotatable bonds is 5. The van der Waals surface area contributed by atoms with Gasteiger partial charge in [0.05, 0.1) is 17.7 Å². The summed E-state index contributed by atoms with van der Waals surface area (Å²) in [6, 6.07) is 10.5. The van der Waals surface area contributed by atoms with Crippen molar-refractivity contribution < 1.29 is 4.74 Å². The summed E-state index contributed by atoms with van der Waals surface area (Å²) in [5.41, 5.74) is 2.43. The summed E-state index contributed by atoms with van der Waals surface area (Å²) in [6.07, 6.45) is 10.2. The minimum atomic E-state index is 0.226. The van der Waals surface area contributed by atoms with E-state index < -0.39 is 0 Å². The second kappa shape index (κ2) is 5.73. The van der Waals surface area contributed by atoms with Crippen LogP contribution in [0.25, 0.3) is 10.9 Å². The molecule has 126 valence electrons. The molecule has 0 spiro atoms. The molecular weight excluding hydrogens is 296 g/mol. The highest BCUT2D eigenvalue weighted by atomic mass is 16.5. The molecule has 3 nitrogen and oxygen atoms in total. The molecule has 0 unspecified atom stereocenters. The van der Waals surface area contributed by atoms with Crippen molar-refractivity contribution in [1.29, 1.82) is 0 Å². The molecule has 0 amide bonds. The first kappa shape index (κ1) is 14.7. The summed E-state index contributed by atoms with van der Waals surface area (Å²) >= 11 is 0. The van der Waals surface area contributed by atoms with E-state index in [-0.39, 0.29) is 5.60 Å². The van der Waals surface area contributed by atoms with Gasteiger partial charge in [-0.05, 0) is 80.5 Å². The third-order valence-electron chi connectivity index (χ3n) is 6.42. The van der Waals surface area contributed by atoms with Crippen molar-refractivity contribution >= 4 is 16.6 Å². The van der Waals surface area contributed by atoms with Crippen LogP contribution in [0.15, 0.2) is 36.5 Å². The largest absolute Gasteiger partial charge is 0.383 e. The van der Waals surface area contributed by atoms with Crippen LogP contribution in [0.2, 0.25) is 0 Å². The van der Waals surface area contributed by atoms with Crippen LogP contribution in [0.4, 0.5) is 5.69 Å². The van der Waals surface area contributed by atoms with Gasteiger partial charge in [0, 0.05) is 23.8 Å². The fourth-order valence-electron chi connectivity index (χ4n) is 5.86. The van der Waals surface area contributed by atoms with Gasteiger partial charge in [0.2, 0.25) is 0 Å². The Hall–Kier alpha value is -1.61. The van der Waals surface area contributed by atoms with E-state index in [0.717, 1.165) is 42.1 Å². The van der Waals surface area contributed by atoms with Crippen molar-refractivity contribution in [2.45, 2.75) is 44.1 Å². The maximum Gasteiger partial charge on any atom is 0.0703 e. The van der Waals surface area contributed by atoms with Crippen molar-refractivity contribution in [3.05, 3.63) is 36.5 Å². The molecule has 1 aromatic heterocycles. The van der Waals surface area contributed by atoms with Crippen LogP contribution in [-0.2, 0) is 4.74 Å². The first-order chi connectivity index (χ1) is 11.8. The summed E-state index contributed by atoms with van der Waals surface area (Å²) < 4.78 is 6.48. The normalized spacial score (nSPS) is 33.9. The average molecular weight is 322 g/mol. The summed E-state index contributed by atoms with van der Waals surface area (Å²) in [5.74, 6) is 2.87. The molecule has 0 radical (unpaired) electrons. The van der Waals surface area contributed by atoms with Crippen molar-refractivity contribution in [3.63, 3.8) is 0 Å². The van der Waals surface area contributed by atoms with Gasteiger partial charge in [-0.3, -0.25) is 4.98 Å². The minimum absolute atomic E-state index is 0.226. The van der Waals surface area contributed by atoms with Gasteiger partial charge in [0.15, 0.2) is 0 Å². The standard InChI is InChI=1S/C21H26N2O/c1-2-18-11-19(3-4-20(18)23-5-1)22-6-7-24-21-12-15-8-16(13-21)10-17(9-15)14-21/h1-5,11,15-17,22H,6-10,12-14H2. The lowest BCUT2D eigenvalue weighted by molar-refractivity contribution is -0.159. The topological polar surface area (TPSA) is 34.2 Å². The number of pyridine rings is 1. The van der Waals surface area contributed by atoms with Gasteiger partial charge in [0.1, 0.15) is 0 Å². The third-order valence-corrected chi connectivity index (χ3v) is 6.42. The molecule has 4 aliphatic rings. The molecule has 1 heterocycles. The van der Waals surface area contributed by atoms with Crippen LogP contribution in [0.5, 0.6) is 0 Å². The Morgan fingerprint density at radius 1 is 1.04 bits per heavy atom. The van der Waals surface area contributed by atoms with Crippen molar-refractivity contribution in [3.8, 4) is 0 Å². The SMILES string of the molecule is c1cnc2ccc(NCCOC34CC5CC(CC(C5)C3)C4)cc2c1. The van der Waals surface area contributed by atoms with Gasteiger partial charge < -0.3 is 10.1 Å². The van der Waals surface area contributed by atoms with E-state index in [0.29, 0.717) is 0 Å². The Balaban J connectivity index is 1.18. The summed E-state index contributed by atoms with van der Waals surface area (Å²) in [5, 5.41) is 4.70. The van der Waals surface area contributed by atoms with E-state index in [9.17, 15) is 0 Å². The molecule has 6 rings (SSSR count). The molecule has 4 saturated carbocycles.